The van der Waals surface area contributed by atoms with Crippen molar-refractivity contribution in [1.29, 1.82) is 0 Å². The molecule has 0 saturated carbocycles. The second-order valence-corrected chi connectivity index (χ2v) is 6.45. The highest BCUT2D eigenvalue weighted by Crippen LogP contribution is 2.29. The van der Waals surface area contributed by atoms with E-state index >= 15 is 0 Å². The monoisotopic (exact) mass is 294 g/mol. The number of rotatable bonds is 6. The van der Waals surface area contributed by atoms with Gasteiger partial charge >= 0.3 is 0 Å². The first-order valence-electron chi connectivity index (χ1n) is 8.35. The van der Waals surface area contributed by atoms with E-state index in [0.29, 0.717) is 6.54 Å². The molecule has 1 fully saturated rings. The maximum Gasteiger partial charge on any atom is 0.0412 e. The van der Waals surface area contributed by atoms with Crippen molar-refractivity contribution in [3.05, 3.63) is 71.8 Å². The number of benzene rings is 2. The summed E-state index contributed by atoms with van der Waals surface area (Å²) in [5.74, 6) is 0. The average molecular weight is 294 g/mol. The van der Waals surface area contributed by atoms with Crippen molar-refractivity contribution in [2.24, 2.45) is 5.73 Å². The molecule has 0 aromatic heterocycles. The SMILES string of the molecule is NCC(Cc1ccccc1)(Cc1ccccc1)N1CCCC1. The van der Waals surface area contributed by atoms with Gasteiger partial charge in [-0.25, -0.2) is 0 Å². The minimum Gasteiger partial charge on any atom is -0.329 e. The standard InChI is InChI=1S/C20H26N2/c21-17-20(22-13-7-8-14-22,15-18-9-3-1-4-10-18)16-19-11-5-2-6-12-19/h1-6,9-12H,7-8,13-17,21H2. The van der Waals surface area contributed by atoms with Gasteiger partial charge in [0.05, 0.1) is 0 Å². The van der Waals surface area contributed by atoms with Crippen molar-refractivity contribution in [2.75, 3.05) is 19.6 Å². The van der Waals surface area contributed by atoms with Crippen LogP contribution in [-0.4, -0.2) is 30.1 Å². The molecule has 2 aromatic rings. The fourth-order valence-corrected chi connectivity index (χ4v) is 3.70. The zero-order chi connectivity index (χ0) is 15.3. The van der Waals surface area contributed by atoms with Crippen LogP contribution < -0.4 is 5.73 Å². The second kappa shape index (κ2) is 7.08. The Balaban J connectivity index is 1.89. The van der Waals surface area contributed by atoms with Crippen LogP contribution >= 0.6 is 0 Å². The van der Waals surface area contributed by atoms with Gasteiger partial charge in [0.25, 0.3) is 0 Å². The maximum absolute atomic E-state index is 6.34. The van der Waals surface area contributed by atoms with Gasteiger partial charge in [0.2, 0.25) is 0 Å². The first-order chi connectivity index (χ1) is 10.8. The Morgan fingerprint density at radius 2 is 1.23 bits per heavy atom. The summed E-state index contributed by atoms with van der Waals surface area (Å²) in [7, 11) is 0. The van der Waals surface area contributed by atoms with E-state index < -0.39 is 0 Å². The lowest BCUT2D eigenvalue weighted by Crippen LogP contribution is -2.56. The van der Waals surface area contributed by atoms with Crippen molar-refractivity contribution in [3.63, 3.8) is 0 Å². The average Bonchev–Trinajstić information content (AvgIpc) is 3.11. The predicted octanol–water partition coefficient (Wildman–Crippen LogP) is 3.27. The minimum absolute atomic E-state index is 0.0409. The van der Waals surface area contributed by atoms with Crippen molar-refractivity contribution in [3.8, 4) is 0 Å². The molecular weight excluding hydrogens is 268 g/mol. The van der Waals surface area contributed by atoms with Gasteiger partial charge in [-0.3, -0.25) is 4.90 Å². The molecule has 0 bridgehead atoms. The van der Waals surface area contributed by atoms with Crippen LogP contribution in [-0.2, 0) is 12.8 Å². The molecule has 2 aromatic carbocycles. The Hall–Kier alpha value is -1.64. The number of hydrogen-bond donors (Lipinski definition) is 1. The van der Waals surface area contributed by atoms with Crippen LogP contribution in [0.25, 0.3) is 0 Å². The zero-order valence-corrected chi connectivity index (χ0v) is 13.2. The molecule has 1 heterocycles. The third-order valence-electron chi connectivity index (χ3n) is 4.91. The van der Waals surface area contributed by atoms with E-state index in [-0.39, 0.29) is 5.54 Å². The molecule has 0 amide bonds. The fraction of sp³-hybridized carbons (Fsp3) is 0.400. The van der Waals surface area contributed by atoms with Crippen LogP contribution in [0.2, 0.25) is 0 Å². The molecule has 22 heavy (non-hydrogen) atoms. The van der Waals surface area contributed by atoms with Gasteiger partial charge in [0.15, 0.2) is 0 Å². The molecule has 0 aliphatic carbocycles. The Bertz CT molecular complexity index is 517. The van der Waals surface area contributed by atoms with E-state index in [4.69, 9.17) is 5.73 Å². The molecule has 2 N–H and O–H groups in total. The van der Waals surface area contributed by atoms with Crippen molar-refractivity contribution in [2.45, 2.75) is 31.2 Å². The summed E-state index contributed by atoms with van der Waals surface area (Å²) in [6.07, 6.45) is 4.65. The number of hydrogen-bond acceptors (Lipinski definition) is 2. The number of nitrogens with two attached hydrogens (primary N) is 1. The highest BCUT2D eigenvalue weighted by atomic mass is 15.2. The molecule has 0 radical (unpaired) electrons. The van der Waals surface area contributed by atoms with Gasteiger partial charge in [-0.2, -0.15) is 0 Å². The highest BCUT2D eigenvalue weighted by molar-refractivity contribution is 5.23. The lowest BCUT2D eigenvalue weighted by Gasteiger charge is -2.42. The Morgan fingerprint density at radius 3 is 1.64 bits per heavy atom. The molecule has 2 heteroatoms. The van der Waals surface area contributed by atoms with E-state index in [1.54, 1.807) is 0 Å². The first kappa shape index (κ1) is 15.3. The van der Waals surface area contributed by atoms with Crippen LogP contribution in [0, 0.1) is 0 Å². The summed E-state index contributed by atoms with van der Waals surface area (Å²) < 4.78 is 0. The maximum atomic E-state index is 6.34. The van der Waals surface area contributed by atoms with Crippen LogP contribution in [0.15, 0.2) is 60.7 Å². The molecule has 3 rings (SSSR count). The molecule has 116 valence electrons. The zero-order valence-electron chi connectivity index (χ0n) is 13.2. The summed E-state index contributed by atoms with van der Waals surface area (Å²) in [6, 6.07) is 21.6. The molecule has 1 saturated heterocycles. The van der Waals surface area contributed by atoms with Crippen molar-refractivity contribution >= 4 is 0 Å². The lowest BCUT2D eigenvalue weighted by atomic mass is 9.83. The molecule has 1 aliphatic heterocycles. The van der Waals surface area contributed by atoms with Crippen molar-refractivity contribution < 1.29 is 0 Å². The highest BCUT2D eigenvalue weighted by Gasteiger charge is 2.37. The summed E-state index contributed by atoms with van der Waals surface area (Å²) >= 11 is 0. The van der Waals surface area contributed by atoms with E-state index in [0.717, 1.165) is 12.8 Å². The molecule has 2 nitrogen and oxygen atoms in total. The summed E-state index contributed by atoms with van der Waals surface area (Å²) in [4.78, 5) is 2.63. The third kappa shape index (κ3) is 3.40. The van der Waals surface area contributed by atoms with Crippen LogP contribution in [0.4, 0.5) is 0 Å². The lowest BCUT2D eigenvalue weighted by molar-refractivity contribution is 0.123. The predicted molar refractivity (Wildman–Crippen MR) is 92.9 cm³/mol. The van der Waals surface area contributed by atoms with Gasteiger partial charge in [-0.1, -0.05) is 60.7 Å². The largest absolute Gasteiger partial charge is 0.329 e. The molecular formula is C20H26N2. The van der Waals surface area contributed by atoms with Crippen LogP contribution in [0.5, 0.6) is 0 Å². The molecule has 1 aliphatic rings. The van der Waals surface area contributed by atoms with Crippen LogP contribution in [0.1, 0.15) is 24.0 Å². The van der Waals surface area contributed by atoms with Crippen LogP contribution in [0.3, 0.4) is 0 Å². The normalized spacial score (nSPS) is 16.0. The first-order valence-corrected chi connectivity index (χ1v) is 8.35. The van der Waals surface area contributed by atoms with Gasteiger partial charge in [0.1, 0.15) is 0 Å². The Kier molecular flexibility index (Phi) is 4.91. The van der Waals surface area contributed by atoms with E-state index in [1.807, 2.05) is 0 Å². The van der Waals surface area contributed by atoms with Gasteiger partial charge < -0.3 is 5.73 Å². The van der Waals surface area contributed by atoms with E-state index in [2.05, 4.69) is 65.6 Å². The van der Waals surface area contributed by atoms with E-state index in [1.165, 1.54) is 37.1 Å². The second-order valence-electron chi connectivity index (χ2n) is 6.45. The van der Waals surface area contributed by atoms with Gasteiger partial charge in [-0.05, 0) is 49.9 Å². The number of likely N-dealkylation sites (tertiary alicyclic amines) is 1. The van der Waals surface area contributed by atoms with E-state index in [9.17, 15) is 0 Å². The van der Waals surface area contributed by atoms with Gasteiger partial charge in [0, 0.05) is 12.1 Å². The quantitative estimate of drug-likeness (QED) is 0.886. The van der Waals surface area contributed by atoms with Crippen molar-refractivity contribution in [1.82, 2.24) is 4.90 Å². The van der Waals surface area contributed by atoms with Gasteiger partial charge in [-0.15, -0.1) is 0 Å². The minimum atomic E-state index is 0.0409. The Morgan fingerprint density at radius 1 is 0.773 bits per heavy atom. The fourth-order valence-electron chi connectivity index (χ4n) is 3.70. The topological polar surface area (TPSA) is 29.3 Å². The number of nitrogens with zero attached hydrogens (tertiary/aromatic N) is 1. The summed E-state index contributed by atoms with van der Waals surface area (Å²) in [5.41, 5.74) is 9.15. The molecule has 0 unspecified atom stereocenters. The summed E-state index contributed by atoms with van der Waals surface area (Å²) in [6.45, 7) is 3.06. The molecule has 0 spiro atoms. The molecule has 0 atom stereocenters. The third-order valence-corrected chi connectivity index (χ3v) is 4.91. The Labute approximate surface area is 134 Å². The smallest absolute Gasteiger partial charge is 0.0412 e. The summed E-state index contributed by atoms with van der Waals surface area (Å²) in [5, 5.41) is 0.